The maximum absolute atomic E-state index is 6.98. The first-order valence-electron chi connectivity index (χ1n) is 8.49. The van der Waals surface area contributed by atoms with Crippen molar-refractivity contribution in [3.05, 3.63) is 23.7 Å². The van der Waals surface area contributed by atoms with E-state index in [0.29, 0.717) is 6.61 Å². The molecule has 0 N–H and O–H groups in total. The second-order valence-electron chi connectivity index (χ2n) is 9.28. The smallest absolute Gasteiger partial charge is 0.192 e. The first-order chi connectivity index (χ1) is 10.1. The molecule has 0 radical (unpaired) electrons. The van der Waals surface area contributed by atoms with Crippen LogP contribution < -0.4 is 0 Å². The van der Waals surface area contributed by atoms with Gasteiger partial charge in [0.2, 0.25) is 0 Å². The van der Waals surface area contributed by atoms with Crippen molar-refractivity contribution in [2.45, 2.75) is 90.3 Å². The molecule has 0 fully saturated rings. The minimum Gasteiger partial charge on any atom is -0.417 e. The van der Waals surface area contributed by atoms with Crippen molar-refractivity contribution in [2.75, 3.05) is 6.61 Å². The Kier molecular flexibility index (Phi) is 7.96. The van der Waals surface area contributed by atoms with E-state index in [1.165, 1.54) is 6.20 Å². The highest BCUT2D eigenvalue weighted by Crippen LogP contribution is 2.38. The predicted molar refractivity (Wildman–Crippen MR) is 106 cm³/mol. The molecule has 0 aliphatic carbocycles. The van der Waals surface area contributed by atoms with Crippen LogP contribution in [0.3, 0.4) is 0 Å². The van der Waals surface area contributed by atoms with Crippen molar-refractivity contribution in [3.8, 4) is 0 Å². The van der Waals surface area contributed by atoms with Gasteiger partial charge < -0.3 is 8.85 Å². The van der Waals surface area contributed by atoms with E-state index < -0.39 is 16.6 Å². The zero-order valence-electron chi connectivity index (χ0n) is 16.9. The van der Waals surface area contributed by atoms with Gasteiger partial charge in [0.1, 0.15) is 0 Å². The van der Waals surface area contributed by atoms with Gasteiger partial charge in [0, 0.05) is 6.61 Å². The summed E-state index contributed by atoms with van der Waals surface area (Å²) in [6.45, 7) is 30.2. The molecule has 0 heterocycles. The van der Waals surface area contributed by atoms with Gasteiger partial charge in [-0.1, -0.05) is 47.6 Å². The molecule has 0 bridgehead atoms. The third-order valence-corrected chi connectivity index (χ3v) is 14.3. The number of nitrogens with zero attached hydrogens (tertiary/aromatic N) is 1. The van der Waals surface area contributed by atoms with Crippen molar-refractivity contribution < 1.29 is 8.85 Å². The van der Waals surface area contributed by atoms with Gasteiger partial charge in [-0.15, -0.1) is 0 Å². The third kappa shape index (κ3) is 7.34. The molecule has 0 aliphatic rings. The summed E-state index contributed by atoms with van der Waals surface area (Å²) < 4.78 is 12.7. The summed E-state index contributed by atoms with van der Waals surface area (Å²) in [7, 11) is -3.58. The summed E-state index contributed by atoms with van der Waals surface area (Å²) in [4.78, 5) is 3.34. The van der Waals surface area contributed by atoms with Crippen LogP contribution in [-0.4, -0.2) is 29.3 Å². The average molecular weight is 356 g/mol. The van der Waals surface area contributed by atoms with Gasteiger partial charge >= 0.3 is 0 Å². The van der Waals surface area contributed by atoms with E-state index in [1.807, 2.05) is 6.08 Å². The van der Waals surface area contributed by atoms with E-state index in [1.54, 1.807) is 0 Å². The Morgan fingerprint density at radius 2 is 1.43 bits per heavy atom. The lowest BCUT2D eigenvalue weighted by Crippen LogP contribution is -2.44. The Balaban J connectivity index is 4.85. The molecule has 0 aromatic heterocycles. The van der Waals surface area contributed by atoms with Gasteiger partial charge in [0.05, 0.1) is 12.7 Å². The third-order valence-electron chi connectivity index (χ3n) is 5.30. The van der Waals surface area contributed by atoms with Crippen LogP contribution in [0.5, 0.6) is 0 Å². The van der Waals surface area contributed by atoms with Crippen molar-refractivity contribution in [1.29, 1.82) is 0 Å². The number of rotatable bonds is 7. The van der Waals surface area contributed by atoms with Gasteiger partial charge in [0.15, 0.2) is 22.8 Å². The molecule has 0 unspecified atom stereocenters. The Bertz CT molecular complexity index is 437. The molecular formula is C18H37NO2Si2. The Labute approximate surface area is 146 Å². The normalized spacial score (nSPS) is 15.7. The lowest BCUT2D eigenvalue weighted by Gasteiger charge is -2.39. The highest BCUT2D eigenvalue weighted by molar-refractivity contribution is 6.74. The van der Waals surface area contributed by atoms with Crippen LogP contribution in [0.2, 0.25) is 36.3 Å². The highest BCUT2D eigenvalue weighted by Gasteiger charge is 2.39. The van der Waals surface area contributed by atoms with Crippen molar-refractivity contribution in [2.24, 2.45) is 0 Å². The molecule has 0 amide bonds. The van der Waals surface area contributed by atoms with Crippen LogP contribution in [0.15, 0.2) is 12.3 Å². The molecule has 23 heavy (non-hydrogen) atoms. The van der Waals surface area contributed by atoms with E-state index in [4.69, 9.17) is 15.4 Å². The molecule has 0 rings (SSSR count). The van der Waals surface area contributed by atoms with Crippen LogP contribution in [0, 0.1) is 6.57 Å². The summed E-state index contributed by atoms with van der Waals surface area (Å²) in [5.74, 6) is 0. The Hall–Kier alpha value is -0.416. The van der Waals surface area contributed by atoms with Gasteiger partial charge in [-0.3, -0.25) is 0 Å². The van der Waals surface area contributed by atoms with E-state index in [9.17, 15) is 0 Å². The first-order valence-corrected chi connectivity index (χ1v) is 14.3. The fourth-order valence-electron chi connectivity index (χ4n) is 1.54. The quantitative estimate of drug-likeness (QED) is 0.399. The first kappa shape index (κ1) is 22.6. The van der Waals surface area contributed by atoms with Gasteiger partial charge in [-0.25, -0.2) is 4.85 Å². The SMILES string of the molecule is [C-]#[N+]/C=C/[C@@H](CCO[Si](C)(C)C(C)(C)C)O[Si](C)(C)C(C)(C)C. The minimum atomic E-state index is -1.85. The summed E-state index contributed by atoms with van der Waals surface area (Å²) in [6.07, 6.45) is 4.19. The molecule has 5 heteroatoms. The van der Waals surface area contributed by atoms with Gasteiger partial charge in [0.25, 0.3) is 0 Å². The predicted octanol–water partition coefficient (Wildman–Crippen LogP) is 6.22. The molecule has 0 spiro atoms. The van der Waals surface area contributed by atoms with Crippen LogP contribution >= 0.6 is 0 Å². The molecule has 1 atom stereocenters. The van der Waals surface area contributed by atoms with Crippen LogP contribution in [0.25, 0.3) is 4.85 Å². The summed E-state index contributed by atoms with van der Waals surface area (Å²) in [6, 6.07) is 0. The summed E-state index contributed by atoms with van der Waals surface area (Å²) >= 11 is 0. The van der Waals surface area contributed by atoms with E-state index in [-0.39, 0.29) is 16.2 Å². The van der Waals surface area contributed by atoms with Crippen molar-refractivity contribution >= 4 is 16.6 Å². The summed E-state index contributed by atoms with van der Waals surface area (Å²) in [5, 5.41) is 0.382. The standard InChI is InChI=1S/C18H37NO2Si2/c1-17(2,3)22(8,9)20-15-13-16(12-14-19-7)21-23(10,11)18(4,5)6/h12,14,16H,13,15H2,1-6,8-11H3/b14-12+/t16-/m0/s1. The van der Waals surface area contributed by atoms with Gasteiger partial charge in [-0.2, -0.15) is 0 Å². The molecule has 134 valence electrons. The Morgan fingerprint density at radius 3 is 1.83 bits per heavy atom. The fraction of sp³-hybridized carbons (Fsp3) is 0.833. The van der Waals surface area contributed by atoms with Crippen LogP contribution in [0.1, 0.15) is 48.0 Å². The van der Waals surface area contributed by atoms with E-state index >= 15 is 0 Å². The lowest BCUT2D eigenvalue weighted by molar-refractivity contribution is 0.176. The minimum absolute atomic E-state index is 0.0326. The molecule has 3 nitrogen and oxygen atoms in total. The number of hydrogen-bond donors (Lipinski definition) is 0. The maximum atomic E-state index is 6.98. The monoisotopic (exact) mass is 355 g/mol. The van der Waals surface area contributed by atoms with E-state index in [2.05, 4.69) is 72.6 Å². The zero-order chi connectivity index (χ0) is 18.5. The average Bonchev–Trinajstić information content (AvgIpc) is 2.32. The molecule has 0 aromatic rings. The topological polar surface area (TPSA) is 22.8 Å². The van der Waals surface area contributed by atoms with Crippen LogP contribution in [0.4, 0.5) is 0 Å². The lowest BCUT2D eigenvalue weighted by atomic mass is 10.2. The fourth-order valence-corrected chi connectivity index (χ4v) is 3.90. The highest BCUT2D eigenvalue weighted by atomic mass is 28.4. The number of hydrogen-bond acceptors (Lipinski definition) is 2. The molecule has 0 saturated carbocycles. The molecular weight excluding hydrogens is 318 g/mol. The largest absolute Gasteiger partial charge is 0.417 e. The van der Waals surface area contributed by atoms with Crippen molar-refractivity contribution in [3.63, 3.8) is 0 Å². The van der Waals surface area contributed by atoms with Gasteiger partial charge in [-0.05, 0) is 42.7 Å². The maximum Gasteiger partial charge on any atom is 0.192 e. The molecule has 0 aliphatic heterocycles. The summed E-state index contributed by atoms with van der Waals surface area (Å²) in [5.41, 5.74) is 0. The Morgan fingerprint density at radius 1 is 0.957 bits per heavy atom. The zero-order valence-corrected chi connectivity index (χ0v) is 18.9. The van der Waals surface area contributed by atoms with Crippen LogP contribution in [-0.2, 0) is 8.85 Å². The van der Waals surface area contributed by atoms with Crippen molar-refractivity contribution in [1.82, 2.24) is 0 Å². The molecule has 0 aromatic carbocycles. The second kappa shape index (κ2) is 8.11. The second-order valence-corrected chi connectivity index (χ2v) is 18.9. The van der Waals surface area contributed by atoms with E-state index in [0.717, 1.165) is 6.42 Å². The molecule has 0 saturated heterocycles.